The number of likely N-dealkylation sites (N-methyl/N-ethyl adjacent to an activating group) is 2. The van der Waals surface area contributed by atoms with E-state index in [1.165, 1.54) is 0 Å². The maximum Gasteiger partial charge on any atom is 0.251 e. The number of fused-ring (bicyclic) bond motifs is 2. The lowest BCUT2D eigenvalue weighted by atomic mass is 10.1. The fourth-order valence-electron chi connectivity index (χ4n) is 4.65. The number of nitrogens with two attached hydrogens (primary N) is 1. The number of hydrogen-bond donors (Lipinski definition) is 5. The molecule has 11 heteroatoms. The predicted octanol–water partition coefficient (Wildman–Crippen LogP) is 2.68. The number of carbonyl (C=O) groups excluding carboxylic acids is 2. The Morgan fingerprint density at radius 1 is 0.714 bits per heavy atom. The summed E-state index contributed by atoms with van der Waals surface area (Å²) < 4.78 is 0. The average molecular weight is 568 g/mol. The predicted molar refractivity (Wildman–Crippen MR) is 166 cm³/mol. The minimum atomic E-state index is -0.124. The number of nitrogens with one attached hydrogen (secondary N) is 4. The summed E-state index contributed by atoms with van der Waals surface area (Å²) in [5.74, 6) is 1.20. The van der Waals surface area contributed by atoms with Gasteiger partial charge in [-0.25, -0.2) is 9.97 Å². The molecule has 0 atom stereocenters. The number of benzene rings is 3. The molecule has 0 saturated heterocycles. The molecule has 42 heavy (non-hydrogen) atoms. The zero-order valence-electron chi connectivity index (χ0n) is 24.2. The van der Waals surface area contributed by atoms with Crippen LogP contribution in [0, 0.1) is 0 Å². The molecule has 6 N–H and O–H groups in total. The monoisotopic (exact) mass is 567 g/mol. The zero-order valence-corrected chi connectivity index (χ0v) is 24.2. The topological polar surface area (TPSA) is 148 Å². The first kappa shape index (κ1) is 28.9. The van der Waals surface area contributed by atoms with Gasteiger partial charge in [0, 0.05) is 61.5 Å². The molecular formula is C31H37N9O2. The smallest absolute Gasteiger partial charge is 0.251 e. The number of H-pyrrole nitrogens is 2. The molecule has 0 saturated carbocycles. The van der Waals surface area contributed by atoms with E-state index in [2.05, 4.69) is 25.5 Å². The Labute approximate surface area is 244 Å². The van der Waals surface area contributed by atoms with Crippen molar-refractivity contribution >= 4 is 33.9 Å². The standard InChI is InChI=1S/C31H37N9O2/c1-39(2)16-13-33-30(41)22-8-10-24-26(18-22)37-28(35-24)20-4-6-21(7-5-20)29-36-25-11-9-23(19-27(25)38-29)31(42)34-14-17-40(3)15-12-32/h4-11,18-19H,12-17,32H2,1-3H3,(H,33,41)(H,34,42)(H,35,37)(H,36,38). The van der Waals surface area contributed by atoms with Gasteiger partial charge in [-0.3, -0.25) is 9.59 Å². The molecule has 218 valence electrons. The van der Waals surface area contributed by atoms with E-state index in [1.807, 2.05) is 74.6 Å². The Kier molecular flexibility index (Phi) is 8.91. The van der Waals surface area contributed by atoms with Crippen LogP contribution >= 0.6 is 0 Å². The lowest BCUT2D eigenvalue weighted by Crippen LogP contribution is -2.35. The van der Waals surface area contributed by atoms with Crippen molar-refractivity contribution < 1.29 is 9.59 Å². The van der Waals surface area contributed by atoms with E-state index >= 15 is 0 Å². The summed E-state index contributed by atoms with van der Waals surface area (Å²) in [5, 5.41) is 5.90. The maximum atomic E-state index is 12.6. The van der Waals surface area contributed by atoms with Crippen molar-refractivity contribution in [3.05, 3.63) is 71.8 Å². The van der Waals surface area contributed by atoms with Crippen LogP contribution in [-0.4, -0.2) is 102 Å². The molecule has 0 bridgehead atoms. The van der Waals surface area contributed by atoms with Crippen molar-refractivity contribution in [3.63, 3.8) is 0 Å². The number of aromatic nitrogens is 4. The highest BCUT2D eigenvalue weighted by Crippen LogP contribution is 2.26. The van der Waals surface area contributed by atoms with Crippen LogP contribution in [0.2, 0.25) is 0 Å². The van der Waals surface area contributed by atoms with Gasteiger partial charge in [-0.15, -0.1) is 0 Å². The summed E-state index contributed by atoms with van der Waals surface area (Å²) in [7, 11) is 5.92. The second-order valence-corrected chi connectivity index (χ2v) is 10.6. The SMILES string of the molecule is CN(C)CCNC(=O)c1ccc2nc(-c3ccc(-c4nc5ccc(C(=O)NCCN(C)CCN)cc5[nH]4)cc3)[nH]c2c1. The summed E-state index contributed by atoms with van der Waals surface area (Å²) in [6, 6.07) is 18.9. The van der Waals surface area contributed by atoms with Gasteiger partial charge < -0.3 is 36.1 Å². The Bertz CT molecular complexity index is 1690. The summed E-state index contributed by atoms with van der Waals surface area (Å²) in [6.07, 6.45) is 0. The van der Waals surface area contributed by atoms with E-state index in [-0.39, 0.29) is 11.8 Å². The van der Waals surface area contributed by atoms with Gasteiger partial charge in [-0.2, -0.15) is 0 Å². The van der Waals surface area contributed by atoms with Crippen LogP contribution in [0.15, 0.2) is 60.7 Å². The van der Waals surface area contributed by atoms with Crippen LogP contribution in [0.25, 0.3) is 44.8 Å². The van der Waals surface area contributed by atoms with Gasteiger partial charge in [0.15, 0.2) is 0 Å². The van der Waals surface area contributed by atoms with Crippen molar-refractivity contribution in [2.24, 2.45) is 5.73 Å². The lowest BCUT2D eigenvalue weighted by molar-refractivity contribution is 0.0942. The van der Waals surface area contributed by atoms with Gasteiger partial charge >= 0.3 is 0 Å². The van der Waals surface area contributed by atoms with Crippen LogP contribution in [0.4, 0.5) is 0 Å². The summed E-state index contributed by atoms with van der Waals surface area (Å²) in [5.41, 5.74) is 11.7. The number of hydrogen-bond acceptors (Lipinski definition) is 7. The Morgan fingerprint density at radius 3 is 1.64 bits per heavy atom. The largest absolute Gasteiger partial charge is 0.351 e. The first-order valence-corrected chi connectivity index (χ1v) is 14.0. The number of imidazole rings is 2. The van der Waals surface area contributed by atoms with E-state index < -0.39 is 0 Å². The molecule has 0 aliphatic rings. The molecular weight excluding hydrogens is 530 g/mol. The van der Waals surface area contributed by atoms with Crippen molar-refractivity contribution in [1.29, 1.82) is 0 Å². The first-order chi connectivity index (χ1) is 20.3. The second-order valence-electron chi connectivity index (χ2n) is 10.6. The van der Waals surface area contributed by atoms with Crippen molar-refractivity contribution in [2.75, 3.05) is 60.4 Å². The van der Waals surface area contributed by atoms with E-state index in [9.17, 15) is 9.59 Å². The third-order valence-electron chi connectivity index (χ3n) is 7.05. The number of nitrogens with zero attached hydrogens (tertiary/aromatic N) is 4. The minimum absolute atomic E-state index is 0.107. The average Bonchev–Trinajstić information content (AvgIpc) is 3.61. The van der Waals surface area contributed by atoms with E-state index in [1.54, 1.807) is 12.1 Å². The van der Waals surface area contributed by atoms with Crippen LogP contribution in [0.5, 0.6) is 0 Å². The zero-order chi connectivity index (χ0) is 29.6. The molecule has 0 aliphatic heterocycles. The fourth-order valence-corrected chi connectivity index (χ4v) is 4.65. The van der Waals surface area contributed by atoms with Crippen molar-refractivity contribution in [3.8, 4) is 22.8 Å². The molecule has 2 heterocycles. The van der Waals surface area contributed by atoms with Gasteiger partial charge in [-0.1, -0.05) is 24.3 Å². The molecule has 5 aromatic rings. The van der Waals surface area contributed by atoms with Crippen molar-refractivity contribution in [2.45, 2.75) is 0 Å². The molecule has 0 spiro atoms. The number of rotatable bonds is 12. The highest BCUT2D eigenvalue weighted by molar-refractivity contribution is 5.98. The van der Waals surface area contributed by atoms with Crippen LogP contribution in [-0.2, 0) is 0 Å². The highest BCUT2D eigenvalue weighted by atomic mass is 16.2. The molecule has 3 aromatic carbocycles. The third-order valence-corrected chi connectivity index (χ3v) is 7.05. The van der Waals surface area contributed by atoms with E-state index in [4.69, 9.17) is 15.7 Å². The van der Waals surface area contributed by atoms with Crippen LogP contribution in [0.3, 0.4) is 0 Å². The molecule has 0 radical (unpaired) electrons. The number of aromatic amines is 2. The Balaban J connectivity index is 1.26. The second kappa shape index (κ2) is 12.9. The first-order valence-electron chi connectivity index (χ1n) is 14.0. The molecule has 0 unspecified atom stereocenters. The van der Waals surface area contributed by atoms with Crippen molar-refractivity contribution in [1.82, 2.24) is 40.4 Å². The molecule has 0 aliphatic carbocycles. The number of amides is 2. The van der Waals surface area contributed by atoms with Gasteiger partial charge in [-0.05, 0) is 57.5 Å². The Hall–Kier alpha value is -4.58. The summed E-state index contributed by atoms with van der Waals surface area (Å²) in [4.78, 5) is 45.4. The van der Waals surface area contributed by atoms with E-state index in [0.717, 1.165) is 58.7 Å². The quantitative estimate of drug-likeness (QED) is 0.156. The molecule has 2 amide bonds. The molecule has 2 aromatic heterocycles. The van der Waals surface area contributed by atoms with Gasteiger partial charge in [0.2, 0.25) is 0 Å². The highest BCUT2D eigenvalue weighted by Gasteiger charge is 2.13. The van der Waals surface area contributed by atoms with Gasteiger partial charge in [0.05, 0.1) is 22.1 Å². The normalized spacial score (nSPS) is 11.6. The minimum Gasteiger partial charge on any atom is -0.351 e. The van der Waals surface area contributed by atoms with Crippen LogP contribution in [0.1, 0.15) is 20.7 Å². The maximum absolute atomic E-state index is 12.6. The number of carbonyl (C=O) groups is 2. The van der Waals surface area contributed by atoms with Crippen LogP contribution < -0.4 is 16.4 Å². The lowest BCUT2D eigenvalue weighted by Gasteiger charge is -2.15. The molecule has 11 nitrogen and oxygen atoms in total. The summed E-state index contributed by atoms with van der Waals surface area (Å²) in [6.45, 7) is 4.02. The van der Waals surface area contributed by atoms with Gasteiger partial charge in [0.1, 0.15) is 11.6 Å². The molecule has 0 fully saturated rings. The third kappa shape index (κ3) is 6.82. The summed E-state index contributed by atoms with van der Waals surface area (Å²) >= 11 is 0. The molecule has 5 rings (SSSR count). The fraction of sp³-hybridized carbons (Fsp3) is 0.290. The van der Waals surface area contributed by atoms with E-state index in [0.29, 0.717) is 36.6 Å². The Morgan fingerprint density at radius 2 is 1.19 bits per heavy atom. The van der Waals surface area contributed by atoms with Gasteiger partial charge in [0.25, 0.3) is 11.8 Å².